The van der Waals surface area contributed by atoms with Crippen LogP contribution in [0.5, 0.6) is 0 Å². The third kappa shape index (κ3) is 3.58. The molecule has 1 saturated heterocycles. The van der Waals surface area contributed by atoms with E-state index in [1.807, 2.05) is 18.9 Å². The van der Waals surface area contributed by atoms with Crippen molar-refractivity contribution in [2.24, 2.45) is 0 Å². The molecular formula is C15H22N4O2. The molecule has 0 saturated carbocycles. The number of hydrogen-bond acceptors (Lipinski definition) is 4. The molecule has 21 heavy (non-hydrogen) atoms. The number of piperazine rings is 1. The third-order valence-electron chi connectivity index (χ3n) is 3.84. The van der Waals surface area contributed by atoms with Gasteiger partial charge in [-0.15, -0.1) is 0 Å². The molecule has 2 amide bonds. The van der Waals surface area contributed by atoms with Crippen LogP contribution >= 0.6 is 0 Å². The van der Waals surface area contributed by atoms with Crippen molar-refractivity contribution < 1.29 is 9.59 Å². The molecule has 0 aliphatic carbocycles. The summed E-state index contributed by atoms with van der Waals surface area (Å²) < 4.78 is 0. The highest BCUT2D eigenvalue weighted by Crippen LogP contribution is 2.08. The standard InChI is InChI=1S/C15H22N4O2/c1-4-18(3)14(20)12-5-6-13(16-11-12)15(21)19-9-7-17(2)8-10-19/h5-6,11H,4,7-10H2,1-3H3. The lowest BCUT2D eigenvalue weighted by atomic mass is 10.2. The Morgan fingerprint density at radius 1 is 1.24 bits per heavy atom. The van der Waals surface area contributed by atoms with Crippen molar-refractivity contribution in [1.82, 2.24) is 19.7 Å². The number of nitrogens with zero attached hydrogens (tertiary/aromatic N) is 4. The molecule has 0 spiro atoms. The molecule has 2 rings (SSSR count). The van der Waals surface area contributed by atoms with Crippen LogP contribution in [-0.4, -0.2) is 78.3 Å². The van der Waals surface area contributed by atoms with E-state index in [1.54, 1.807) is 24.1 Å². The van der Waals surface area contributed by atoms with Crippen LogP contribution in [0.25, 0.3) is 0 Å². The van der Waals surface area contributed by atoms with Crippen molar-refractivity contribution >= 4 is 11.8 Å². The maximum absolute atomic E-state index is 12.3. The lowest BCUT2D eigenvalue weighted by Gasteiger charge is -2.32. The van der Waals surface area contributed by atoms with Crippen molar-refractivity contribution in [3.63, 3.8) is 0 Å². The Bertz CT molecular complexity index is 507. The van der Waals surface area contributed by atoms with E-state index < -0.39 is 0 Å². The minimum absolute atomic E-state index is 0.0639. The summed E-state index contributed by atoms with van der Waals surface area (Å²) in [4.78, 5) is 34.1. The largest absolute Gasteiger partial charge is 0.342 e. The van der Waals surface area contributed by atoms with Crippen molar-refractivity contribution in [2.45, 2.75) is 6.92 Å². The fourth-order valence-corrected chi connectivity index (χ4v) is 2.18. The summed E-state index contributed by atoms with van der Waals surface area (Å²) in [7, 11) is 3.79. The molecule has 114 valence electrons. The van der Waals surface area contributed by atoms with Crippen molar-refractivity contribution in [3.05, 3.63) is 29.6 Å². The van der Waals surface area contributed by atoms with Crippen LogP contribution in [0.15, 0.2) is 18.3 Å². The van der Waals surface area contributed by atoms with Crippen LogP contribution in [0.4, 0.5) is 0 Å². The third-order valence-corrected chi connectivity index (χ3v) is 3.84. The lowest BCUT2D eigenvalue weighted by molar-refractivity contribution is 0.0657. The van der Waals surface area contributed by atoms with Gasteiger partial charge in [-0.3, -0.25) is 14.6 Å². The number of carbonyl (C=O) groups excluding carboxylic acids is 2. The molecule has 1 aromatic rings. The highest BCUT2D eigenvalue weighted by Gasteiger charge is 2.21. The Hall–Kier alpha value is -1.95. The van der Waals surface area contributed by atoms with E-state index in [4.69, 9.17) is 0 Å². The molecule has 1 aliphatic heterocycles. The van der Waals surface area contributed by atoms with Crippen molar-refractivity contribution in [2.75, 3.05) is 46.8 Å². The van der Waals surface area contributed by atoms with Gasteiger partial charge in [-0.05, 0) is 26.1 Å². The van der Waals surface area contributed by atoms with Gasteiger partial charge in [0.05, 0.1) is 5.56 Å². The van der Waals surface area contributed by atoms with E-state index in [-0.39, 0.29) is 11.8 Å². The average Bonchev–Trinajstić information content (AvgIpc) is 2.53. The summed E-state index contributed by atoms with van der Waals surface area (Å²) >= 11 is 0. The molecular weight excluding hydrogens is 268 g/mol. The molecule has 1 fully saturated rings. The van der Waals surface area contributed by atoms with Crippen LogP contribution in [0.1, 0.15) is 27.8 Å². The Labute approximate surface area is 125 Å². The van der Waals surface area contributed by atoms with Gasteiger partial charge < -0.3 is 14.7 Å². The second kappa shape index (κ2) is 6.67. The summed E-state index contributed by atoms with van der Waals surface area (Å²) in [6.45, 7) is 5.75. The topological polar surface area (TPSA) is 56.8 Å². The van der Waals surface area contributed by atoms with Crippen LogP contribution in [-0.2, 0) is 0 Å². The number of amides is 2. The predicted molar refractivity (Wildman–Crippen MR) is 80.3 cm³/mol. The summed E-state index contributed by atoms with van der Waals surface area (Å²) in [5.74, 6) is -0.144. The maximum Gasteiger partial charge on any atom is 0.272 e. The molecule has 2 heterocycles. The molecule has 0 aromatic carbocycles. The van der Waals surface area contributed by atoms with E-state index in [1.165, 1.54) is 6.20 Å². The molecule has 0 bridgehead atoms. The normalized spacial score (nSPS) is 15.9. The van der Waals surface area contributed by atoms with Gasteiger partial charge in [-0.2, -0.15) is 0 Å². The highest BCUT2D eigenvalue weighted by molar-refractivity contribution is 5.96. The summed E-state index contributed by atoms with van der Waals surface area (Å²) in [6.07, 6.45) is 1.48. The fourth-order valence-electron chi connectivity index (χ4n) is 2.18. The Balaban J connectivity index is 2.05. The summed E-state index contributed by atoms with van der Waals surface area (Å²) in [5.41, 5.74) is 0.907. The first-order valence-corrected chi connectivity index (χ1v) is 7.22. The average molecular weight is 290 g/mol. The van der Waals surface area contributed by atoms with Gasteiger partial charge in [-0.25, -0.2) is 0 Å². The Morgan fingerprint density at radius 2 is 1.90 bits per heavy atom. The van der Waals surface area contributed by atoms with Gasteiger partial charge in [0.1, 0.15) is 5.69 Å². The maximum atomic E-state index is 12.3. The lowest BCUT2D eigenvalue weighted by Crippen LogP contribution is -2.47. The van der Waals surface area contributed by atoms with Gasteiger partial charge in [0.15, 0.2) is 0 Å². The predicted octanol–water partition coefficient (Wildman–Crippen LogP) is 0.561. The first kappa shape index (κ1) is 15.4. The molecule has 6 nitrogen and oxygen atoms in total. The molecule has 0 radical (unpaired) electrons. The first-order valence-electron chi connectivity index (χ1n) is 7.22. The smallest absolute Gasteiger partial charge is 0.272 e. The SMILES string of the molecule is CCN(C)C(=O)c1ccc(C(=O)N2CCN(C)CC2)nc1. The van der Waals surface area contributed by atoms with Gasteiger partial charge in [0, 0.05) is 46.0 Å². The van der Waals surface area contributed by atoms with Crippen LogP contribution in [0, 0.1) is 0 Å². The Morgan fingerprint density at radius 3 is 2.43 bits per heavy atom. The monoisotopic (exact) mass is 290 g/mol. The molecule has 0 N–H and O–H groups in total. The van der Waals surface area contributed by atoms with Gasteiger partial charge >= 0.3 is 0 Å². The fraction of sp³-hybridized carbons (Fsp3) is 0.533. The van der Waals surface area contributed by atoms with E-state index in [2.05, 4.69) is 9.88 Å². The minimum atomic E-state index is -0.0800. The number of aromatic nitrogens is 1. The van der Waals surface area contributed by atoms with Gasteiger partial charge in [-0.1, -0.05) is 0 Å². The first-order chi connectivity index (χ1) is 10.0. The van der Waals surface area contributed by atoms with Gasteiger partial charge in [0.2, 0.25) is 0 Å². The van der Waals surface area contributed by atoms with Crippen LogP contribution < -0.4 is 0 Å². The Kier molecular flexibility index (Phi) is 4.90. The summed E-state index contributed by atoms with van der Waals surface area (Å²) in [6, 6.07) is 3.31. The molecule has 1 aliphatic rings. The van der Waals surface area contributed by atoms with E-state index >= 15 is 0 Å². The molecule has 0 unspecified atom stereocenters. The van der Waals surface area contributed by atoms with Crippen molar-refractivity contribution in [1.29, 1.82) is 0 Å². The van der Waals surface area contributed by atoms with E-state index in [0.29, 0.717) is 17.8 Å². The number of carbonyl (C=O) groups is 2. The zero-order valence-corrected chi connectivity index (χ0v) is 12.9. The number of pyridine rings is 1. The highest BCUT2D eigenvalue weighted by atomic mass is 16.2. The zero-order valence-electron chi connectivity index (χ0n) is 12.9. The van der Waals surface area contributed by atoms with Crippen molar-refractivity contribution in [3.8, 4) is 0 Å². The quantitative estimate of drug-likeness (QED) is 0.816. The second-order valence-electron chi connectivity index (χ2n) is 5.35. The van der Waals surface area contributed by atoms with E-state index in [0.717, 1.165) is 26.2 Å². The minimum Gasteiger partial charge on any atom is -0.342 e. The molecule has 0 atom stereocenters. The van der Waals surface area contributed by atoms with E-state index in [9.17, 15) is 9.59 Å². The van der Waals surface area contributed by atoms with Crippen LogP contribution in [0.3, 0.4) is 0 Å². The number of hydrogen-bond donors (Lipinski definition) is 0. The molecule has 6 heteroatoms. The molecule has 1 aromatic heterocycles. The number of likely N-dealkylation sites (N-methyl/N-ethyl adjacent to an activating group) is 1. The van der Waals surface area contributed by atoms with Gasteiger partial charge in [0.25, 0.3) is 11.8 Å². The zero-order chi connectivity index (χ0) is 15.4. The number of rotatable bonds is 3. The van der Waals surface area contributed by atoms with Crippen LogP contribution in [0.2, 0.25) is 0 Å². The summed E-state index contributed by atoms with van der Waals surface area (Å²) in [5, 5.41) is 0. The second-order valence-corrected chi connectivity index (χ2v) is 5.35.